The maximum absolute atomic E-state index is 14.4. The standard InChI is InChI=1S/C30H27N3O2S/c1-22-15-17-27(18-16-22)36(35)32-21-23(2)28(29(32)24-10-9-19-31-20-24)30(34)33(25-11-5-3-6-12-25)26-13-7-4-8-14-26/h3-20,28-29H,2,21H2,1H3/t28-,29+,36?/m1/s1. The van der Waals surface area contributed by atoms with Crippen molar-refractivity contribution in [2.75, 3.05) is 11.4 Å². The molecule has 0 aliphatic carbocycles. The minimum absolute atomic E-state index is 0.116. The van der Waals surface area contributed by atoms with Crippen LogP contribution >= 0.6 is 0 Å². The summed E-state index contributed by atoms with van der Waals surface area (Å²) in [4.78, 5) is 21.1. The Balaban J connectivity index is 1.59. The molecule has 1 saturated heterocycles. The highest BCUT2D eigenvalue weighted by atomic mass is 32.2. The number of amides is 1. The van der Waals surface area contributed by atoms with Gasteiger partial charge in [-0.25, -0.2) is 8.51 Å². The minimum Gasteiger partial charge on any atom is -0.280 e. The number of nitrogens with zero attached hydrogens (tertiary/aromatic N) is 3. The lowest BCUT2D eigenvalue weighted by Crippen LogP contribution is -2.37. The van der Waals surface area contributed by atoms with Gasteiger partial charge in [-0.15, -0.1) is 0 Å². The van der Waals surface area contributed by atoms with Crippen LogP contribution in [0.5, 0.6) is 0 Å². The Labute approximate surface area is 214 Å². The fourth-order valence-electron chi connectivity index (χ4n) is 4.65. The summed E-state index contributed by atoms with van der Waals surface area (Å²) in [5.41, 5.74) is 4.19. The van der Waals surface area contributed by atoms with Crippen molar-refractivity contribution in [3.8, 4) is 0 Å². The van der Waals surface area contributed by atoms with Crippen molar-refractivity contribution in [1.82, 2.24) is 9.29 Å². The second kappa shape index (κ2) is 10.4. The number of carbonyl (C=O) groups excluding carboxylic acids is 1. The zero-order chi connectivity index (χ0) is 25.1. The smallest absolute Gasteiger partial charge is 0.240 e. The fraction of sp³-hybridized carbons (Fsp3) is 0.133. The number of anilines is 2. The van der Waals surface area contributed by atoms with E-state index in [2.05, 4.69) is 11.6 Å². The van der Waals surface area contributed by atoms with E-state index in [0.717, 1.165) is 28.1 Å². The average molecular weight is 494 g/mol. The van der Waals surface area contributed by atoms with Crippen LogP contribution in [0.2, 0.25) is 0 Å². The topological polar surface area (TPSA) is 53.5 Å². The van der Waals surface area contributed by atoms with Crippen LogP contribution in [-0.2, 0) is 15.8 Å². The molecular weight excluding hydrogens is 466 g/mol. The van der Waals surface area contributed by atoms with Crippen LogP contribution in [0.25, 0.3) is 0 Å². The number of aromatic nitrogens is 1. The maximum atomic E-state index is 14.4. The molecule has 1 fully saturated rings. The largest absolute Gasteiger partial charge is 0.280 e. The summed E-state index contributed by atoms with van der Waals surface area (Å²) in [5, 5.41) is 0. The maximum Gasteiger partial charge on any atom is 0.240 e. The van der Waals surface area contributed by atoms with Crippen LogP contribution < -0.4 is 4.90 Å². The summed E-state index contributed by atoms with van der Waals surface area (Å²) < 4.78 is 15.7. The molecule has 1 aromatic heterocycles. The van der Waals surface area contributed by atoms with Gasteiger partial charge in [0.15, 0.2) is 0 Å². The lowest BCUT2D eigenvalue weighted by atomic mass is 9.90. The summed E-state index contributed by atoms with van der Waals surface area (Å²) >= 11 is 0. The van der Waals surface area contributed by atoms with E-state index in [4.69, 9.17) is 0 Å². The highest BCUT2D eigenvalue weighted by Gasteiger charge is 2.47. The first kappa shape index (κ1) is 23.9. The fourth-order valence-corrected chi connectivity index (χ4v) is 6.03. The molecule has 4 aromatic rings. The Morgan fingerprint density at radius 3 is 2.08 bits per heavy atom. The number of carbonyl (C=O) groups is 1. The van der Waals surface area contributed by atoms with Crippen LogP contribution in [0.3, 0.4) is 0 Å². The monoisotopic (exact) mass is 493 g/mol. The number of hydrogen-bond donors (Lipinski definition) is 0. The molecule has 1 aliphatic heterocycles. The lowest BCUT2D eigenvalue weighted by molar-refractivity contribution is -0.121. The first-order valence-corrected chi connectivity index (χ1v) is 12.9. The van der Waals surface area contributed by atoms with Gasteiger partial charge in [0.25, 0.3) is 0 Å². The van der Waals surface area contributed by atoms with E-state index < -0.39 is 22.9 Å². The van der Waals surface area contributed by atoms with Crippen molar-refractivity contribution in [1.29, 1.82) is 0 Å². The molecule has 5 rings (SSSR count). The Morgan fingerprint density at radius 1 is 0.917 bits per heavy atom. The molecule has 1 unspecified atom stereocenters. The highest BCUT2D eigenvalue weighted by Crippen LogP contribution is 2.44. The second-order valence-electron chi connectivity index (χ2n) is 8.85. The van der Waals surface area contributed by atoms with E-state index in [1.54, 1.807) is 17.3 Å². The van der Waals surface area contributed by atoms with E-state index in [0.29, 0.717) is 11.4 Å². The van der Waals surface area contributed by atoms with E-state index in [1.807, 2.05) is 108 Å². The summed E-state index contributed by atoms with van der Waals surface area (Å²) in [7, 11) is -1.48. The predicted octanol–water partition coefficient (Wildman–Crippen LogP) is 6.01. The van der Waals surface area contributed by atoms with Gasteiger partial charge in [-0.05, 0) is 60.5 Å². The molecule has 0 N–H and O–H groups in total. The molecule has 1 aliphatic rings. The SMILES string of the molecule is C=C1CN(S(=O)c2ccc(C)cc2)[C@@H](c2cccnc2)[C@@H]1C(=O)N(c1ccccc1)c1ccccc1. The summed E-state index contributed by atoms with van der Waals surface area (Å²) in [6, 6.07) is 30.2. The number of rotatable bonds is 6. The molecule has 6 heteroatoms. The third-order valence-electron chi connectivity index (χ3n) is 6.40. The van der Waals surface area contributed by atoms with E-state index in [1.165, 1.54) is 0 Å². The van der Waals surface area contributed by atoms with Crippen molar-refractivity contribution < 1.29 is 9.00 Å². The molecule has 3 aromatic carbocycles. The summed E-state index contributed by atoms with van der Waals surface area (Å²) in [6.07, 6.45) is 3.45. The molecule has 1 amide bonds. The summed E-state index contributed by atoms with van der Waals surface area (Å²) in [6.45, 7) is 6.64. The first-order valence-electron chi connectivity index (χ1n) is 11.8. The normalized spacial score (nSPS) is 18.6. The van der Waals surface area contributed by atoms with Gasteiger partial charge in [0.05, 0.1) is 16.9 Å². The predicted molar refractivity (Wildman–Crippen MR) is 144 cm³/mol. The Hall–Kier alpha value is -3.87. The van der Waals surface area contributed by atoms with Crippen LogP contribution in [0.1, 0.15) is 17.2 Å². The van der Waals surface area contributed by atoms with Crippen LogP contribution in [-0.4, -0.2) is 26.0 Å². The highest BCUT2D eigenvalue weighted by molar-refractivity contribution is 7.82. The van der Waals surface area contributed by atoms with Crippen molar-refractivity contribution >= 4 is 28.3 Å². The number of hydrogen-bond acceptors (Lipinski definition) is 3. The lowest BCUT2D eigenvalue weighted by Gasteiger charge is -2.31. The van der Waals surface area contributed by atoms with Crippen LogP contribution in [0, 0.1) is 12.8 Å². The van der Waals surface area contributed by atoms with Crippen molar-refractivity contribution in [3.63, 3.8) is 0 Å². The molecule has 5 nitrogen and oxygen atoms in total. The molecule has 0 radical (unpaired) electrons. The molecule has 0 spiro atoms. The zero-order valence-corrected chi connectivity index (χ0v) is 20.8. The number of benzene rings is 3. The molecule has 3 atom stereocenters. The summed E-state index contributed by atoms with van der Waals surface area (Å²) in [5.74, 6) is -0.723. The first-order chi connectivity index (χ1) is 17.5. The van der Waals surface area contributed by atoms with E-state index in [-0.39, 0.29) is 5.91 Å². The molecule has 0 saturated carbocycles. The van der Waals surface area contributed by atoms with Crippen LogP contribution in [0.4, 0.5) is 11.4 Å². The molecular formula is C30H27N3O2S. The minimum atomic E-state index is -1.48. The molecule has 180 valence electrons. The molecule has 36 heavy (non-hydrogen) atoms. The number of aryl methyl sites for hydroxylation is 1. The molecule has 2 heterocycles. The average Bonchev–Trinajstić information content (AvgIpc) is 3.27. The van der Waals surface area contributed by atoms with Gasteiger partial charge in [0.2, 0.25) is 5.91 Å². The Bertz CT molecular complexity index is 1340. The van der Waals surface area contributed by atoms with Gasteiger partial charge in [0.1, 0.15) is 11.0 Å². The molecule has 0 bridgehead atoms. The van der Waals surface area contributed by atoms with Gasteiger partial charge in [-0.1, -0.05) is 66.7 Å². The third-order valence-corrected chi connectivity index (χ3v) is 7.86. The van der Waals surface area contributed by atoms with E-state index in [9.17, 15) is 9.00 Å². The Morgan fingerprint density at radius 2 is 1.53 bits per heavy atom. The number of para-hydroxylation sites is 2. The van der Waals surface area contributed by atoms with Crippen LogP contribution in [0.15, 0.2) is 127 Å². The number of pyridine rings is 1. The second-order valence-corrected chi connectivity index (χ2v) is 10.3. The van der Waals surface area contributed by atoms with Gasteiger partial charge in [0, 0.05) is 30.3 Å². The van der Waals surface area contributed by atoms with Gasteiger partial charge in [-0.3, -0.25) is 14.7 Å². The third kappa shape index (κ3) is 4.65. The Kier molecular flexibility index (Phi) is 6.89. The zero-order valence-electron chi connectivity index (χ0n) is 20.0. The van der Waals surface area contributed by atoms with Gasteiger partial charge < -0.3 is 0 Å². The quantitative estimate of drug-likeness (QED) is 0.309. The van der Waals surface area contributed by atoms with Gasteiger partial charge >= 0.3 is 0 Å². The van der Waals surface area contributed by atoms with Crippen molar-refractivity contribution in [3.05, 3.63) is 133 Å². The van der Waals surface area contributed by atoms with E-state index >= 15 is 0 Å². The van der Waals surface area contributed by atoms with Crippen molar-refractivity contribution in [2.45, 2.75) is 17.9 Å². The van der Waals surface area contributed by atoms with Gasteiger partial charge in [-0.2, -0.15) is 0 Å². The van der Waals surface area contributed by atoms with Crippen molar-refractivity contribution in [2.24, 2.45) is 5.92 Å².